The number of carboxylic acid groups (broad SMARTS) is 1. The Labute approximate surface area is 172 Å². The topological polar surface area (TPSA) is 104 Å². The molecular weight excluding hydrogens is 384 g/mol. The minimum Gasteiger partial charge on any atom is -0.478 e. The summed E-state index contributed by atoms with van der Waals surface area (Å²) < 4.78 is 0. The molecule has 4 atom stereocenters. The number of carbonyl (C=O) groups excluding carboxylic acids is 3. The Bertz CT molecular complexity index is 1070. The molecule has 3 aliphatic rings. The summed E-state index contributed by atoms with van der Waals surface area (Å²) in [7, 11) is 0. The van der Waals surface area contributed by atoms with Gasteiger partial charge in [0, 0.05) is 11.3 Å². The van der Waals surface area contributed by atoms with Gasteiger partial charge in [-0.25, -0.2) is 4.79 Å². The van der Waals surface area contributed by atoms with Gasteiger partial charge in [-0.1, -0.05) is 12.1 Å². The van der Waals surface area contributed by atoms with Gasteiger partial charge in [0.2, 0.25) is 11.8 Å². The summed E-state index contributed by atoms with van der Waals surface area (Å²) in [5.74, 6) is -1.66. The van der Waals surface area contributed by atoms with Gasteiger partial charge in [-0.2, -0.15) is 0 Å². The number of carbonyl (C=O) groups is 4. The van der Waals surface area contributed by atoms with Gasteiger partial charge in [0.1, 0.15) is 0 Å². The van der Waals surface area contributed by atoms with E-state index >= 15 is 0 Å². The highest BCUT2D eigenvalue weighted by molar-refractivity contribution is 6.23. The van der Waals surface area contributed by atoms with Crippen molar-refractivity contribution in [2.24, 2.45) is 23.7 Å². The molecule has 7 nitrogen and oxygen atoms in total. The second-order valence-electron chi connectivity index (χ2n) is 8.29. The van der Waals surface area contributed by atoms with Gasteiger partial charge >= 0.3 is 5.97 Å². The predicted molar refractivity (Wildman–Crippen MR) is 108 cm³/mol. The third-order valence-corrected chi connectivity index (χ3v) is 6.66. The smallest absolute Gasteiger partial charge is 0.335 e. The van der Waals surface area contributed by atoms with Crippen LogP contribution in [0, 0.1) is 23.7 Å². The summed E-state index contributed by atoms with van der Waals surface area (Å²) in [6.45, 7) is 0. The Kier molecular flexibility index (Phi) is 4.20. The second-order valence-corrected chi connectivity index (χ2v) is 8.29. The standard InChI is InChI=1S/C23H20N2O5/c26-20(24-16-5-1-4-15(10-16)23(29)30)14-3-2-6-17(11-14)25-21(27)18-12-7-8-13(9-12)19(18)22(25)28/h1-6,10-13,18-19H,7-9H2,(H,24,26)(H,29,30). The SMILES string of the molecule is O=C(O)c1cccc(NC(=O)c2cccc(N3C(=O)C4C5CCC(C5)C4C3=O)c2)c1. The number of fused-ring (bicyclic) bond motifs is 5. The lowest BCUT2D eigenvalue weighted by atomic mass is 9.81. The van der Waals surface area contributed by atoms with Crippen molar-refractivity contribution < 1.29 is 24.3 Å². The second kappa shape index (κ2) is 6.79. The highest BCUT2D eigenvalue weighted by Crippen LogP contribution is 2.56. The molecule has 2 saturated carbocycles. The van der Waals surface area contributed by atoms with Crippen molar-refractivity contribution in [2.75, 3.05) is 10.2 Å². The summed E-state index contributed by atoms with van der Waals surface area (Å²) >= 11 is 0. The molecule has 0 radical (unpaired) electrons. The molecule has 5 rings (SSSR count). The molecule has 2 aliphatic carbocycles. The van der Waals surface area contributed by atoms with Crippen molar-refractivity contribution >= 4 is 35.1 Å². The number of rotatable bonds is 4. The third kappa shape index (κ3) is 2.81. The number of amides is 3. The van der Waals surface area contributed by atoms with E-state index in [2.05, 4.69) is 5.32 Å². The Morgan fingerprint density at radius 2 is 1.53 bits per heavy atom. The fourth-order valence-electron chi connectivity index (χ4n) is 5.38. The number of carboxylic acids is 1. The maximum Gasteiger partial charge on any atom is 0.335 e. The monoisotopic (exact) mass is 404 g/mol. The van der Waals surface area contributed by atoms with Crippen LogP contribution in [0.5, 0.6) is 0 Å². The lowest BCUT2D eigenvalue weighted by Crippen LogP contribution is -2.33. The van der Waals surface area contributed by atoms with Crippen LogP contribution in [-0.4, -0.2) is 28.8 Å². The van der Waals surface area contributed by atoms with Crippen LogP contribution in [0.15, 0.2) is 48.5 Å². The van der Waals surface area contributed by atoms with E-state index in [-0.39, 0.29) is 34.8 Å². The van der Waals surface area contributed by atoms with E-state index in [1.54, 1.807) is 30.3 Å². The zero-order chi connectivity index (χ0) is 21.0. The average molecular weight is 404 g/mol. The maximum absolute atomic E-state index is 13.0. The van der Waals surface area contributed by atoms with Crippen LogP contribution in [-0.2, 0) is 9.59 Å². The lowest BCUT2D eigenvalue weighted by Gasteiger charge is -2.19. The van der Waals surface area contributed by atoms with Crippen LogP contribution in [0.25, 0.3) is 0 Å². The van der Waals surface area contributed by atoms with E-state index < -0.39 is 11.9 Å². The van der Waals surface area contributed by atoms with E-state index in [0.29, 0.717) is 23.2 Å². The largest absolute Gasteiger partial charge is 0.478 e. The number of hydrogen-bond donors (Lipinski definition) is 2. The molecule has 0 aromatic heterocycles. The Hall–Kier alpha value is -3.48. The molecule has 2 bridgehead atoms. The Morgan fingerprint density at radius 1 is 0.900 bits per heavy atom. The Morgan fingerprint density at radius 3 is 2.20 bits per heavy atom. The average Bonchev–Trinajstić information content (AvgIpc) is 3.42. The first kappa shape index (κ1) is 18.5. The first-order valence-electron chi connectivity index (χ1n) is 10.1. The summed E-state index contributed by atoms with van der Waals surface area (Å²) in [6, 6.07) is 12.4. The molecule has 1 saturated heterocycles. The number of hydrogen-bond acceptors (Lipinski definition) is 4. The van der Waals surface area contributed by atoms with Gasteiger partial charge in [0.15, 0.2) is 0 Å². The predicted octanol–water partition coefficient (Wildman–Crippen LogP) is 3.17. The van der Waals surface area contributed by atoms with E-state index in [1.807, 2.05) is 0 Å². The van der Waals surface area contributed by atoms with Crippen LogP contribution in [0.4, 0.5) is 11.4 Å². The van der Waals surface area contributed by atoms with Crippen LogP contribution in [0.2, 0.25) is 0 Å². The van der Waals surface area contributed by atoms with E-state index in [0.717, 1.165) is 19.3 Å². The van der Waals surface area contributed by atoms with Crippen molar-refractivity contribution in [1.82, 2.24) is 0 Å². The third-order valence-electron chi connectivity index (χ3n) is 6.66. The Balaban J connectivity index is 1.39. The van der Waals surface area contributed by atoms with Gasteiger partial charge in [-0.15, -0.1) is 0 Å². The van der Waals surface area contributed by atoms with Gasteiger partial charge in [-0.3, -0.25) is 19.3 Å². The molecule has 3 fully saturated rings. The highest BCUT2D eigenvalue weighted by Gasteiger charge is 2.61. The fraction of sp³-hybridized carbons (Fsp3) is 0.304. The van der Waals surface area contributed by atoms with Gasteiger partial charge < -0.3 is 10.4 Å². The molecule has 1 aliphatic heterocycles. The van der Waals surface area contributed by atoms with Gasteiger partial charge in [0.25, 0.3) is 5.91 Å². The number of aromatic carboxylic acids is 1. The first-order chi connectivity index (χ1) is 14.4. The molecule has 3 amide bonds. The molecule has 2 aromatic rings. The zero-order valence-electron chi connectivity index (χ0n) is 16.1. The summed E-state index contributed by atoms with van der Waals surface area (Å²) in [4.78, 5) is 51.1. The molecule has 2 aromatic carbocycles. The molecule has 1 heterocycles. The molecule has 4 unspecified atom stereocenters. The van der Waals surface area contributed by atoms with Crippen molar-refractivity contribution in [3.05, 3.63) is 59.7 Å². The van der Waals surface area contributed by atoms with Crippen LogP contribution < -0.4 is 10.2 Å². The van der Waals surface area contributed by atoms with Crippen molar-refractivity contribution in [3.8, 4) is 0 Å². The van der Waals surface area contributed by atoms with Gasteiger partial charge in [0.05, 0.1) is 23.1 Å². The van der Waals surface area contributed by atoms with E-state index in [4.69, 9.17) is 5.11 Å². The molecule has 30 heavy (non-hydrogen) atoms. The van der Waals surface area contributed by atoms with E-state index in [9.17, 15) is 19.2 Å². The molecule has 2 N–H and O–H groups in total. The molecule has 152 valence electrons. The number of benzene rings is 2. The lowest BCUT2D eigenvalue weighted by molar-refractivity contribution is -0.123. The van der Waals surface area contributed by atoms with E-state index in [1.165, 1.54) is 23.1 Å². The quantitative estimate of drug-likeness (QED) is 0.762. The number of imide groups is 1. The summed E-state index contributed by atoms with van der Waals surface area (Å²) in [5, 5.41) is 11.8. The summed E-state index contributed by atoms with van der Waals surface area (Å²) in [5.41, 5.74) is 1.11. The van der Waals surface area contributed by atoms with Crippen LogP contribution in [0.1, 0.15) is 40.0 Å². The number of anilines is 2. The molecule has 0 spiro atoms. The molecule has 7 heteroatoms. The fourth-order valence-corrected chi connectivity index (χ4v) is 5.38. The van der Waals surface area contributed by atoms with Crippen molar-refractivity contribution in [2.45, 2.75) is 19.3 Å². The summed E-state index contributed by atoms with van der Waals surface area (Å²) in [6.07, 6.45) is 2.99. The normalized spacial score (nSPS) is 26.7. The number of nitrogens with one attached hydrogen (secondary N) is 1. The van der Waals surface area contributed by atoms with Crippen LogP contribution >= 0.6 is 0 Å². The number of nitrogens with zero attached hydrogens (tertiary/aromatic N) is 1. The van der Waals surface area contributed by atoms with Crippen molar-refractivity contribution in [3.63, 3.8) is 0 Å². The van der Waals surface area contributed by atoms with Gasteiger partial charge in [-0.05, 0) is 67.5 Å². The molecular formula is C23H20N2O5. The minimum absolute atomic E-state index is 0.0657. The minimum atomic E-state index is -1.08. The zero-order valence-corrected chi connectivity index (χ0v) is 16.1. The highest BCUT2D eigenvalue weighted by atomic mass is 16.4. The van der Waals surface area contributed by atoms with Crippen molar-refractivity contribution in [1.29, 1.82) is 0 Å². The maximum atomic E-state index is 13.0. The van der Waals surface area contributed by atoms with Crippen LogP contribution in [0.3, 0.4) is 0 Å². The first-order valence-corrected chi connectivity index (χ1v) is 10.1.